The Morgan fingerprint density at radius 3 is 2.57 bits per heavy atom. The number of benzene rings is 2. The SMILES string of the molecule is COc1ccc(Sc2ccc(C#N)cc2)c(CC(=O)O)c1. The maximum atomic E-state index is 11.0. The summed E-state index contributed by atoms with van der Waals surface area (Å²) in [6.07, 6.45) is -0.0597. The number of nitriles is 1. The molecule has 0 unspecified atom stereocenters. The number of ether oxygens (including phenoxy) is 1. The standard InChI is InChI=1S/C16H13NO3S/c1-20-13-4-7-15(12(8-13)9-16(18)19)21-14-5-2-11(10-17)3-6-14/h2-8H,9H2,1H3,(H,18,19). The van der Waals surface area contributed by atoms with Gasteiger partial charge in [0, 0.05) is 9.79 Å². The van der Waals surface area contributed by atoms with E-state index in [0.717, 1.165) is 9.79 Å². The van der Waals surface area contributed by atoms with Gasteiger partial charge in [-0.25, -0.2) is 0 Å². The summed E-state index contributed by atoms with van der Waals surface area (Å²) in [5, 5.41) is 17.8. The maximum Gasteiger partial charge on any atom is 0.307 e. The fourth-order valence-corrected chi connectivity index (χ4v) is 2.73. The number of carboxylic acids is 1. The Balaban J connectivity index is 2.29. The second kappa shape index (κ2) is 6.82. The Labute approximate surface area is 127 Å². The average molecular weight is 299 g/mol. The predicted octanol–water partition coefficient (Wildman–Crippen LogP) is 3.35. The molecule has 21 heavy (non-hydrogen) atoms. The summed E-state index contributed by atoms with van der Waals surface area (Å²) in [4.78, 5) is 12.8. The zero-order chi connectivity index (χ0) is 15.2. The molecule has 1 N–H and O–H groups in total. The van der Waals surface area contributed by atoms with Crippen LogP contribution in [0.25, 0.3) is 0 Å². The lowest BCUT2D eigenvalue weighted by Crippen LogP contribution is -2.02. The van der Waals surface area contributed by atoms with Gasteiger partial charge in [0.2, 0.25) is 0 Å². The molecule has 0 spiro atoms. The molecule has 0 aliphatic rings. The van der Waals surface area contributed by atoms with Gasteiger partial charge in [0.05, 0.1) is 25.2 Å². The van der Waals surface area contributed by atoms with E-state index < -0.39 is 5.97 Å². The minimum Gasteiger partial charge on any atom is -0.497 e. The van der Waals surface area contributed by atoms with Gasteiger partial charge >= 0.3 is 5.97 Å². The van der Waals surface area contributed by atoms with Gasteiger partial charge in [-0.3, -0.25) is 4.79 Å². The average Bonchev–Trinajstić information content (AvgIpc) is 2.49. The molecule has 0 saturated heterocycles. The largest absolute Gasteiger partial charge is 0.497 e. The molecule has 2 rings (SSSR count). The highest BCUT2D eigenvalue weighted by molar-refractivity contribution is 7.99. The maximum absolute atomic E-state index is 11.0. The fourth-order valence-electron chi connectivity index (χ4n) is 1.81. The summed E-state index contributed by atoms with van der Waals surface area (Å²) in [7, 11) is 1.55. The van der Waals surface area contributed by atoms with Crippen LogP contribution in [0.5, 0.6) is 5.75 Å². The van der Waals surface area contributed by atoms with E-state index in [-0.39, 0.29) is 6.42 Å². The normalized spacial score (nSPS) is 9.90. The Kier molecular flexibility index (Phi) is 4.85. The fraction of sp³-hybridized carbons (Fsp3) is 0.125. The molecular weight excluding hydrogens is 286 g/mol. The number of methoxy groups -OCH3 is 1. The van der Waals surface area contributed by atoms with Crippen LogP contribution in [-0.4, -0.2) is 18.2 Å². The third kappa shape index (κ3) is 4.01. The van der Waals surface area contributed by atoms with Gasteiger partial charge < -0.3 is 9.84 Å². The molecule has 0 saturated carbocycles. The molecule has 0 bridgehead atoms. The van der Waals surface area contributed by atoms with E-state index >= 15 is 0 Å². The van der Waals surface area contributed by atoms with Crippen LogP contribution in [0, 0.1) is 11.3 Å². The number of rotatable bonds is 5. The highest BCUT2D eigenvalue weighted by Gasteiger charge is 2.10. The van der Waals surface area contributed by atoms with Crippen molar-refractivity contribution in [2.75, 3.05) is 7.11 Å². The summed E-state index contributed by atoms with van der Waals surface area (Å²) in [5.74, 6) is -0.250. The molecule has 0 atom stereocenters. The summed E-state index contributed by atoms with van der Waals surface area (Å²) < 4.78 is 5.13. The number of nitrogens with zero attached hydrogens (tertiary/aromatic N) is 1. The molecule has 0 aliphatic heterocycles. The van der Waals surface area contributed by atoms with Gasteiger partial charge in [-0.1, -0.05) is 11.8 Å². The monoisotopic (exact) mass is 299 g/mol. The lowest BCUT2D eigenvalue weighted by molar-refractivity contribution is -0.136. The molecule has 4 nitrogen and oxygen atoms in total. The first-order chi connectivity index (χ1) is 10.1. The third-order valence-electron chi connectivity index (χ3n) is 2.82. The second-order valence-corrected chi connectivity index (χ2v) is 5.40. The molecule has 2 aromatic rings. The molecule has 0 fully saturated rings. The zero-order valence-corrected chi connectivity index (χ0v) is 12.2. The molecular formula is C16H13NO3S. The smallest absolute Gasteiger partial charge is 0.307 e. The highest BCUT2D eigenvalue weighted by atomic mass is 32.2. The van der Waals surface area contributed by atoms with Gasteiger partial charge in [-0.15, -0.1) is 0 Å². The van der Waals surface area contributed by atoms with E-state index in [4.69, 9.17) is 15.1 Å². The van der Waals surface area contributed by atoms with Crippen LogP contribution in [0.15, 0.2) is 52.3 Å². The van der Waals surface area contributed by atoms with Crippen LogP contribution in [0.4, 0.5) is 0 Å². The van der Waals surface area contributed by atoms with E-state index in [0.29, 0.717) is 16.9 Å². The van der Waals surface area contributed by atoms with E-state index in [1.807, 2.05) is 18.2 Å². The Morgan fingerprint density at radius 2 is 2.00 bits per heavy atom. The van der Waals surface area contributed by atoms with Crippen molar-refractivity contribution in [1.82, 2.24) is 0 Å². The number of hydrogen-bond donors (Lipinski definition) is 1. The Bertz CT molecular complexity index is 690. The molecule has 0 amide bonds. The molecule has 106 valence electrons. The van der Waals surface area contributed by atoms with Crippen LogP contribution >= 0.6 is 11.8 Å². The lowest BCUT2D eigenvalue weighted by Gasteiger charge is -2.10. The van der Waals surface area contributed by atoms with Crippen molar-refractivity contribution in [2.45, 2.75) is 16.2 Å². The molecule has 0 heterocycles. The molecule has 5 heteroatoms. The van der Waals surface area contributed by atoms with Crippen molar-refractivity contribution in [1.29, 1.82) is 5.26 Å². The van der Waals surface area contributed by atoms with Crippen LogP contribution in [0.2, 0.25) is 0 Å². The van der Waals surface area contributed by atoms with Crippen molar-refractivity contribution in [2.24, 2.45) is 0 Å². The van der Waals surface area contributed by atoms with Crippen LogP contribution in [0.3, 0.4) is 0 Å². The van der Waals surface area contributed by atoms with Crippen molar-refractivity contribution in [3.63, 3.8) is 0 Å². The van der Waals surface area contributed by atoms with Crippen LogP contribution < -0.4 is 4.74 Å². The van der Waals surface area contributed by atoms with E-state index in [1.165, 1.54) is 11.8 Å². The zero-order valence-electron chi connectivity index (χ0n) is 11.4. The van der Waals surface area contributed by atoms with Crippen LogP contribution in [-0.2, 0) is 11.2 Å². The minimum atomic E-state index is -0.884. The van der Waals surface area contributed by atoms with Gasteiger partial charge in [-0.2, -0.15) is 5.26 Å². The van der Waals surface area contributed by atoms with Gasteiger partial charge in [0.1, 0.15) is 5.75 Å². The Morgan fingerprint density at radius 1 is 1.29 bits per heavy atom. The topological polar surface area (TPSA) is 70.3 Å². The molecule has 0 aromatic heterocycles. The Hall–Kier alpha value is -2.45. The predicted molar refractivity (Wildman–Crippen MR) is 79.6 cm³/mol. The summed E-state index contributed by atoms with van der Waals surface area (Å²) >= 11 is 1.47. The minimum absolute atomic E-state index is 0.0597. The number of hydrogen-bond acceptors (Lipinski definition) is 4. The lowest BCUT2D eigenvalue weighted by atomic mass is 10.1. The highest BCUT2D eigenvalue weighted by Crippen LogP contribution is 2.33. The van der Waals surface area contributed by atoms with E-state index in [1.54, 1.807) is 31.4 Å². The summed E-state index contributed by atoms with van der Waals surface area (Å²) in [6, 6.07) is 14.6. The summed E-state index contributed by atoms with van der Waals surface area (Å²) in [6.45, 7) is 0. The first kappa shape index (κ1) is 14.9. The number of carbonyl (C=O) groups is 1. The van der Waals surface area contributed by atoms with Gasteiger partial charge in [-0.05, 0) is 48.0 Å². The van der Waals surface area contributed by atoms with E-state index in [9.17, 15) is 4.79 Å². The molecule has 0 radical (unpaired) electrons. The van der Waals surface area contributed by atoms with Crippen molar-refractivity contribution in [3.8, 4) is 11.8 Å². The molecule has 0 aliphatic carbocycles. The van der Waals surface area contributed by atoms with Crippen molar-refractivity contribution in [3.05, 3.63) is 53.6 Å². The second-order valence-electron chi connectivity index (χ2n) is 4.28. The molecule has 2 aromatic carbocycles. The first-order valence-electron chi connectivity index (χ1n) is 6.19. The number of carboxylic acid groups (broad SMARTS) is 1. The first-order valence-corrected chi connectivity index (χ1v) is 7.00. The third-order valence-corrected chi connectivity index (χ3v) is 3.95. The van der Waals surface area contributed by atoms with Crippen LogP contribution in [0.1, 0.15) is 11.1 Å². The van der Waals surface area contributed by atoms with E-state index in [2.05, 4.69) is 6.07 Å². The van der Waals surface area contributed by atoms with Gasteiger partial charge in [0.15, 0.2) is 0 Å². The quantitative estimate of drug-likeness (QED) is 0.916. The summed E-state index contributed by atoms with van der Waals surface area (Å²) in [5.41, 5.74) is 1.30. The van der Waals surface area contributed by atoms with Crippen molar-refractivity contribution >= 4 is 17.7 Å². The van der Waals surface area contributed by atoms with Crippen molar-refractivity contribution < 1.29 is 14.6 Å². The van der Waals surface area contributed by atoms with Gasteiger partial charge in [0.25, 0.3) is 0 Å². The number of aliphatic carboxylic acids is 1.